The van der Waals surface area contributed by atoms with E-state index >= 15 is 0 Å². The highest BCUT2D eigenvalue weighted by molar-refractivity contribution is 5.96. The number of hydrogen-bond donors (Lipinski definition) is 2. The average molecular weight is 244 g/mol. The Balaban J connectivity index is 2.41. The lowest BCUT2D eigenvalue weighted by atomic mass is 10.3. The molecule has 0 spiro atoms. The van der Waals surface area contributed by atoms with Crippen molar-refractivity contribution in [1.82, 2.24) is 9.38 Å². The maximum absolute atomic E-state index is 11.1. The first-order valence-electron chi connectivity index (χ1n) is 5.15. The fraction of sp³-hybridized carbons (Fsp3) is 0. The lowest BCUT2D eigenvalue weighted by Gasteiger charge is -1.99. The minimum atomic E-state index is -1.20. The third kappa shape index (κ3) is 1.36. The van der Waals surface area contributed by atoms with Gasteiger partial charge in [0.25, 0.3) is 0 Å². The number of carboxylic acid groups (broad SMARTS) is 1. The summed E-state index contributed by atoms with van der Waals surface area (Å²) in [5, 5.41) is 18.9. The molecule has 0 saturated heterocycles. The van der Waals surface area contributed by atoms with Gasteiger partial charge in [0.15, 0.2) is 17.3 Å². The number of hydrogen-bond acceptors (Lipinski definition) is 4. The van der Waals surface area contributed by atoms with Crippen LogP contribution in [0.3, 0.4) is 0 Å². The number of nitrogens with zero attached hydrogens (tertiary/aromatic N) is 2. The first-order valence-corrected chi connectivity index (χ1v) is 5.15. The van der Waals surface area contributed by atoms with E-state index in [0.29, 0.717) is 11.6 Å². The van der Waals surface area contributed by atoms with Gasteiger partial charge < -0.3 is 14.6 Å². The molecule has 3 aromatic rings. The summed E-state index contributed by atoms with van der Waals surface area (Å²) in [7, 11) is 0. The number of aromatic carboxylic acids is 1. The molecule has 3 rings (SSSR count). The van der Waals surface area contributed by atoms with Gasteiger partial charge in [-0.2, -0.15) is 0 Å². The van der Waals surface area contributed by atoms with Crippen LogP contribution in [-0.2, 0) is 0 Å². The predicted octanol–water partition coefficient (Wildman–Crippen LogP) is 2.00. The molecule has 0 amide bonds. The smallest absolute Gasteiger partial charge is 0.356 e. The normalized spacial score (nSPS) is 10.9. The zero-order chi connectivity index (χ0) is 12.7. The first kappa shape index (κ1) is 10.4. The molecular weight excluding hydrogens is 236 g/mol. The van der Waals surface area contributed by atoms with Crippen LogP contribution in [0.15, 0.2) is 41.1 Å². The monoisotopic (exact) mass is 244 g/mol. The van der Waals surface area contributed by atoms with Crippen LogP contribution in [0.25, 0.3) is 17.1 Å². The van der Waals surface area contributed by atoms with E-state index in [0.717, 1.165) is 0 Å². The Labute approximate surface area is 101 Å². The number of furan rings is 1. The van der Waals surface area contributed by atoms with Crippen LogP contribution in [0.5, 0.6) is 5.75 Å². The molecular formula is C12H8N2O4. The van der Waals surface area contributed by atoms with Crippen molar-refractivity contribution in [3.8, 4) is 17.3 Å². The Morgan fingerprint density at radius 1 is 1.33 bits per heavy atom. The Hall–Kier alpha value is -2.76. The summed E-state index contributed by atoms with van der Waals surface area (Å²) in [6, 6.07) is 6.36. The van der Waals surface area contributed by atoms with Crippen molar-refractivity contribution in [2.45, 2.75) is 0 Å². The van der Waals surface area contributed by atoms with E-state index in [4.69, 9.17) is 9.52 Å². The summed E-state index contributed by atoms with van der Waals surface area (Å²) in [5.41, 5.74) is -0.0594. The highest BCUT2D eigenvalue weighted by Gasteiger charge is 2.21. The van der Waals surface area contributed by atoms with Gasteiger partial charge >= 0.3 is 5.97 Å². The Morgan fingerprint density at radius 2 is 2.17 bits per heavy atom. The number of carboxylic acids is 1. The van der Waals surface area contributed by atoms with E-state index < -0.39 is 5.97 Å². The van der Waals surface area contributed by atoms with Gasteiger partial charge in [0.2, 0.25) is 0 Å². The molecule has 0 aliphatic carbocycles. The minimum Gasteiger partial charge on any atom is -0.506 e. The van der Waals surface area contributed by atoms with Gasteiger partial charge in [-0.3, -0.25) is 4.40 Å². The van der Waals surface area contributed by atoms with E-state index in [2.05, 4.69) is 4.98 Å². The third-order valence-electron chi connectivity index (χ3n) is 2.59. The van der Waals surface area contributed by atoms with Crippen molar-refractivity contribution in [3.05, 3.63) is 42.4 Å². The minimum absolute atomic E-state index is 0.139. The molecule has 3 aromatic heterocycles. The molecule has 2 N–H and O–H groups in total. The molecule has 0 aliphatic heterocycles. The summed E-state index contributed by atoms with van der Waals surface area (Å²) in [5.74, 6) is -0.571. The highest BCUT2D eigenvalue weighted by Crippen LogP contribution is 2.28. The Morgan fingerprint density at radius 3 is 2.83 bits per heavy atom. The van der Waals surface area contributed by atoms with Crippen LogP contribution >= 0.6 is 0 Å². The van der Waals surface area contributed by atoms with Crippen LogP contribution in [0.2, 0.25) is 0 Å². The number of imidazole rings is 1. The van der Waals surface area contributed by atoms with Crippen LogP contribution in [0, 0.1) is 0 Å². The SMILES string of the molecule is O=C(O)c1nc(-c2ccco2)n2cccc(O)c12. The van der Waals surface area contributed by atoms with Crippen molar-refractivity contribution in [2.75, 3.05) is 0 Å². The van der Waals surface area contributed by atoms with Gasteiger partial charge in [-0.15, -0.1) is 0 Å². The van der Waals surface area contributed by atoms with Crippen LogP contribution < -0.4 is 0 Å². The fourth-order valence-electron chi connectivity index (χ4n) is 1.85. The molecule has 90 valence electrons. The lowest BCUT2D eigenvalue weighted by molar-refractivity contribution is 0.0693. The maximum Gasteiger partial charge on any atom is 0.356 e. The Kier molecular flexibility index (Phi) is 2.09. The highest BCUT2D eigenvalue weighted by atomic mass is 16.4. The van der Waals surface area contributed by atoms with E-state index in [9.17, 15) is 9.90 Å². The van der Waals surface area contributed by atoms with E-state index in [1.54, 1.807) is 24.4 Å². The largest absolute Gasteiger partial charge is 0.506 e. The molecule has 18 heavy (non-hydrogen) atoms. The molecule has 0 atom stereocenters. The van der Waals surface area contributed by atoms with Gasteiger partial charge in [-0.1, -0.05) is 0 Å². The lowest BCUT2D eigenvalue weighted by Crippen LogP contribution is -1.97. The zero-order valence-corrected chi connectivity index (χ0v) is 9.07. The Bertz CT molecular complexity index is 728. The molecule has 0 aromatic carbocycles. The number of aromatic nitrogens is 2. The van der Waals surface area contributed by atoms with Crippen molar-refractivity contribution in [3.63, 3.8) is 0 Å². The summed E-state index contributed by atoms with van der Waals surface area (Å²) in [6.07, 6.45) is 3.09. The van der Waals surface area contributed by atoms with Crippen LogP contribution in [-0.4, -0.2) is 25.6 Å². The second-order valence-corrected chi connectivity index (χ2v) is 3.68. The molecule has 0 aliphatic rings. The maximum atomic E-state index is 11.1. The molecule has 3 heterocycles. The second kappa shape index (κ2) is 3.63. The van der Waals surface area contributed by atoms with E-state index in [1.165, 1.54) is 16.7 Å². The molecule has 0 unspecified atom stereocenters. The summed E-state index contributed by atoms with van der Waals surface area (Å²) in [4.78, 5) is 15.1. The zero-order valence-electron chi connectivity index (χ0n) is 9.07. The standard InChI is InChI=1S/C12H8N2O4/c15-7-3-1-5-14-10(7)9(12(16)17)13-11(14)8-4-2-6-18-8/h1-6,15H,(H,16,17). The van der Waals surface area contributed by atoms with Crippen LogP contribution in [0.4, 0.5) is 0 Å². The summed E-state index contributed by atoms with van der Waals surface area (Å²) in [6.45, 7) is 0. The number of pyridine rings is 1. The van der Waals surface area contributed by atoms with Crippen LogP contribution in [0.1, 0.15) is 10.5 Å². The molecule has 6 heteroatoms. The van der Waals surface area contributed by atoms with Gasteiger partial charge in [0, 0.05) is 6.20 Å². The first-order chi connectivity index (χ1) is 8.68. The third-order valence-corrected chi connectivity index (χ3v) is 2.59. The molecule has 0 radical (unpaired) electrons. The average Bonchev–Trinajstić information content (AvgIpc) is 2.95. The number of carbonyl (C=O) groups is 1. The van der Waals surface area contributed by atoms with E-state index in [-0.39, 0.29) is 17.0 Å². The van der Waals surface area contributed by atoms with Gasteiger partial charge in [0.1, 0.15) is 11.3 Å². The number of fused-ring (bicyclic) bond motifs is 1. The molecule has 0 saturated carbocycles. The number of aromatic hydroxyl groups is 1. The number of rotatable bonds is 2. The van der Waals surface area contributed by atoms with E-state index in [1.807, 2.05) is 0 Å². The van der Waals surface area contributed by atoms with Crippen molar-refractivity contribution in [1.29, 1.82) is 0 Å². The van der Waals surface area contributed by atoms with Crippen molar-refractivity contribution in [2.24, 2.45) is 0 Å². The van der Waals surface area contributed by atoms with Crippen molar-refractivity contribution < 1.29 is 19.4 Å². The molecule has 0 bridgehead atoms. The second-order valence-electron chi connectivity index (χ2n) is 3.68. The van der Waals surface area contributed by atoms with Crippen molar-refractivity contribution >= 4 is 11.5 Å². The fourth-order valence-corrected chi connectivity index (χ4v) is 1.85. The summed E-state index contributed by atoms with van der Waals surface area (Å²) >= 11 is 0. The molecule has 6 nitrogen and oxygen atoms in total. The quantitative estimate of drug-likeness (QED) is 0.719. The molecule has 0 fully saturated rings. The van der Waals surface area contributed by atoms with Gasteiger partial charge in [-0.25, -0.2) is 9.78 Å². The predicted molar refractivity (Wildman–Crippen MR) is 61.5 cm³/mol. The topological polar surface area (TPSA) is 88.0 Å². The van der Waals surface area contributed by atoms with Gasteiger partial charge in [-0.05, 0) is 24.3 Å². The van der Waals surface area contributed by atoms with Gasteiger partial charge in [0.05, 0.1) is 6.26 Å². The summed E-state index contributed by atoms with van der Waals surface area (Å²) < 4.78 is 6.69.